The van der Waals surface area contributed by atoms with Gasteiger partial charge < -0.3 is 19.9 Å². The highest BCUT2D eigenvalue weighted by Gasteiger charge is 2.19. The van der Waals surface area contributed by atoms with Crippen LogP contribution in [0.1, 0.15) is 51.2 Å². The average molecular weight is 294 g/mol. The molecule has 2 atom stereocenters. The van der Waals surface area contributed by atoms with Crippen molar-refractivity contribution in [3.05, 3.63) is 35.4 Å². The maximum atomic E-state index is 10.2. The van der Waals surface area contributed by atoms with E-state index in [4.69, 9.17) is 9.84 Å². The van der Waals surface area contributed by atoms with Gasteiger partial charge in [0.2, 0.25) is 0 Å². The van der Waals surface area contributed by atoms with E-state index in [9.17, 15) is 5.11 Å². The Bertz CT molecular complexity index is 491. The minimum atomic E-state index is -0.676. The van der Waals surface area contributed by atoms with Gasteiger partial charge in [-0.05, 0) is 31.8 Å². The van der Waals surface area contributed by atoms with Gasteiger partial charge in [-0.25, -0.2) is 4.98 Å². The zero-order chi connectivity index (χ0) is 15.8. The number of methoxy groups -OCH3 is 1. The molecule has 0 aliphatic rings. The van der Waals surface area contributed by atoms with Crippen molar-refractivity contribution in [1.82, 2.24) is 9.97 Å². The summed E-state index contributed by atoms with van der Waals surface area (Å²) in [7, 11) is 1.59. The summed E-state index contributed by atoms with van der Waals surface area (Å²) in [5.41, 5.74) is 1.87. The van der Waals surface area contributed by atoms with Gasteiger partial charge in [-0.1, -0.05) is 25.5 Å². The molecular weight excluding hydrogens is 268 g/mol. The van der Waals surface area contributed by atoms with E-state index in [0.29, 0.717) is 23.7 Å². The number of nitrogens with zero attached hydrogens (tertiary/aromatic N) is 1. The summed E-state index contributed by atoms with van der Waals surface area (Å²) in [4.78, 5) is 7.33. The van der Waals surface area contributed by atoms with Crippen LogP contribution in [0.25, 0.3) is 5.76 Å². The summed E-state index contributed by atoms with van der Waals surface area (Å²) in [5.74, 6) is 1.17. The predicted molar refractivity (Wildman–Crippen MR) is 83.4 cm³/mol. The molecule has 3 N–H and O–H groups in total. The van der Waals surface area contributed by atoms with Crippen molar-refractivity contribution in [1.29, 1.82) is 0 Å². The summed E-state index contributed by atoms with van der Waals surface area (Å²) in [5, 5.41) is 19.1. The molecule has 1 aromatic rings. The Hall–Kier alpha value is -1.59. The van der Waals surface area contributed by atoms with Crippen LogP contribution < -0.4 is 0 Å². The third-order valence-corrected chi connectivity index (χ3v) is 3.57. The van der Waals surface area contributed by atoms with Crippen LogP contribution in [0, 0.1) is 5.92 Å². The third kappa shape index (κ3) is 5.02. The first-order valence-electron chi connectivity index (χ1n) is 7.29. The topological polar surface area (TPSA) is 78.4 Å². The third-order valence-electron chi connectivity index (χ3n) is 3.57. The van der Waals surface area contributed by atoms with Crippen LogP contribution in [0.3, 0.4) is 0 Å². The molecule has 1 heterocycles. The number of hydrogen-bond acceptors (Lipinski definition) is 4. The van der Waals surface area contributed by atoms with Gasteiger partial charge in [0.05, 0.1) is 25.1 Å². The highest BCUT2D eigenvalue weighted by Crippen LogP contribution is 2.24. The van der Waals surface area contributed by atoms with E-state index in [1.54, 1.807) is 13.3 Å². The van der Waals surface area contributed by atoms with Crippen molar-refractivity contribution < 1.29 is 14.9 Å². The van der Waals surface area contributed by atoms with Gasteiger partial charge in [0, 0.05) is 6.61 Å². The van der Waals surface area contributed by atoms with E-state index >= 15 is 0 Å². The summed E-state index contributed by atoms with van der Waals surface area (Å²) >= 11 is 0. The number of nitrogens with one attached hydrogen (secondary N) is 1. The van der Waals surface area contributed by atoms with Crippen LogP contribution >= 0.6 is 0 Å². The molecular formula is C16H26N2O3. The molecule has 1 rings (SSSR count). The lowest BCUT2D eigenvalue weighted by molar-refractivity contribution is 0.0957. The van der Waals surface area contributed by atoms with E-state index in [2.05, 4.69) is 23.8 Å². The molecule has 0 spiro atoms. The van der Waals surface area contributed by atoms with Gasteiger partial charge in [-0.2, -0.15) is 0 Å². The second-order valence-electron chi connectivity index (χ2n) is 5.22. The van der Waals surface area contributed by atoms with Crippen molar-refractivity contribution in [2.24, 2.45) is 5.92 Å². The second kappa shape index (κ2) is 8.64. The normalized spacial score (nSPS) is 15.9. The number of imidazole rings is 1. The van der Waals surface area contributed by atoms with Crippen LogP contribution in [0.5, 0.6) is 0 Å². The van der Waals surface area contributed by atoms with Crippen molar-refractivity contribution in [3.63, 3.8) is 0 Å². The number of aromatic amines is 1. The molecule has 0 bridgehead atoms. The first-order valence-corrected chi connectivity index (χ1v) is 7.29. The highest BCUT2D eigenvalue weighted by molar-refractivity contribution is 5.55. The Labute approximate surface area is 126 Å². The quantitative estimate of drug-likeness (QED) is 0.509. The molecule has 118 valence electrons. The monoisotopic (exact) mass is 294 g/mol. The van der Waals surface area contributed by atoms with Crippen LogP contribution in [0.2, 0.25) is 0 Å². The van der Waals surface area contributed by atoms with Crippen molar-refractivity contribution in [2.75, 3.05) is 13.7 Å². The molecule has 21 heavy (non-hydrogen) atoms. The molecule has 0 aliphatic heterocycles. The van der Waals surface area contributed by atoms with Gasteiger partial charge in [-0.15, -0.1) is 0 Å². The molecule has 0 saturated heterocycles. The molecule has 0 aromatic carbocycles. The van der Waals surface area contributed by atoms with Crippen molar-refractivity contribution in [2.45, 2.75) is 39.7 Å². The van der Waals surface area contributed by atoms with Crippen LogP contribution in [0.15, 0.2) is 23.9 Å². The van der Waals surface area contributed by atoms with E-state index < -0.39 is 6.10 Å². The van der Waals surface area contributed by atoms with E-state index in [1.807, 2.05) is 19.1 Å². The number of aromatic nitrogens is 2. The van der Waals surface area contributed by atoms with E-state index in [-0.39, 0.29) is 12.5 Å². The molecule has 5 heteroatoms. The number of H-pyrrole nitrogens is 1. The zero-order valence-corrected chi connectivity index (χ0v) is 13.3. The largest absolute Gasteiger partial charge is 0.493 e. The predicted octanol–water partition coefficient (Wildman–Crippen LogP) is 2.81. The zero-order valence-electron chi connectivity index (χ0n) is 13.3. The summed E-state index contributed by atoms with van der Waals surface area (Å²) < 4.78 is 5.33. The molecule has 0 radical (unpaired) electrons. The van der Waals surface area contributed by atoms with Crippen molar-refractivity contribution in [3.8, 4) is 0 Å². The smallest absolute Gasteiger partial charge is 0.173 e. The Morgan fingerprint density at radius 3 is 2.76 bits per heavy atom. The van der Waals surface area contributed by atoms with Crippen molar-refractivity contribution >= 4 is 5.76 Å². The van der Waals surface area contributed by atoms with Crippen LogP contribution in [0.4, 0.5) is 0 Å². The maximum absolute atomic E-state index is 10.2. The number of hydrogen-bond donors (Lipinski definition) is 3. The minimum absolute atomic E-state index is 0.0412. The molecule has 0 amide bonds. The van der Waals surface area contributed by atoms with E-state index in [0.717, 1.165) is 6.42 Å². The Kier molecular flexibility index (Phi) is 7.19. The number of allylic oxidation sites excluding steroid dienone is 3. The number of aliphatic hydroxyl groups excluding tert-OH is 2. The molecule has 5 nitrogen and oxygen atoms in total. The molecule has 0 aliphatic carbocycles. The summed E-state index contributed by atoms with van der Waals surface area (Å²) in [6, 6.07) is 0. The second-order valence-corrected chi connectivity index (χ2v) is 5.22. The first-order chi connectivity index (χ1) is 10.0. The molecule has 1 aromatic heterocycles. The average Bonchev–Trinajstić information content (AvgIpc) is 2.96. The Morgan fingerprint density at radius 1 is 1.48 bits per heavy atom. The van der Waals surface area contributed by atoms with Gasteiger partial charge in [0.15, 0.2) is 11.6 Å². The lowest BCUT2D eigenvalue weighted by Gasteiger charge is -2.15. The van der Waals surface area contributed by atoms with Crippen LogP contribution in [-0.2, 0) is 4.74 Å². The minimum Gasteiger partial charge on any atom is -0.493 e. The fraction of sp³-hybridized carbons (Fsp3) is 0.562. The van der Waals surface area contributed by atoms with Gasteiger partial charge in [0.25, 0.3) is 0 Å². The SMILES string of the molecule is CC/C(C)=C/C=C(\OC)c1ncc([C@H](O)C(C)CCO)[nH]1. The van der Waals surface area contributed by atoms with Gasteiger partial charge >= 0.3 is 0 Å². The van der Waals surface area contributed by atoms with Crippen LogP contribution in [-0.4, -0.2) is 33.9 Å². The number of aliphatic hydroxyl groups is 2. The molecule has 0 saturated carbocycles. The van der Waals surface area contributed by atoms with E-state index in [1.165, 1.54) is 5.57 Å². The Morgan fingerprint density at radius 2 is 2.19 bits per heavy atom. The first kappa shape index (κ1) is 17.5. The fourth-order valence-corrected chi connectivity index (χ4v) is 1.86. The lowest BCUT2D eigenvalue weighted by atomic mass is 9.99. The molecule has 0 fully saturated rings. The summed E-state index contributed by atoms with van der Waals surface area (Å²) in [6.07, 6.45) is 6.31. The highest BCUT2D eigenvalue weighted by atomic mass is 16.5. The maximum Gasteiger partial charge on any atom is 0.173 e. The standard InChI is InChI=1S/C16H26N2O3/c1-5-11(2)6-7-14(21-4)16-17-10-13(18-16)15(20)12(3)8-9-19/h6-7,10,12,15,19-20H,5,8-9H2,1-4H3,(H,17,18)/b11-6+,14-7-/t12?,15-/m1/s1. The van der Waals surface area contributed by atoms with Gasteiger partial charge in [0.1, 0.15) is 0 Å². The number of ether oxygens (including phenoxy) is 1. The summed E-state index contributed by atoms with van der Waals surface area (Å²) in [6.45, 7) is 6.10. The molecule has 1 unspecified atom stereocenters. The fourth-order valence-electron chi connectivity index (χ4n) is 1.86. The Balaban J connectivity index is 2.90. The van der Waals surface area contributed by atoms with Gasteiger partial charge in [-0.3, -0.25) is 0 Å². The number of rotatable bonds is 8. The lowest BCUT2D eigenvalue weighted by Crippen LogP contribution is -2.11.